The van der Waals surface area contributed by atoms with Crippen LogP contribution in [0, 0.1) is 0 Å². The number of fused-ring (bicyclic) bond motifs is 1. The zero-order valence-electron chi connectivity index (χ0n) is 15.7. The summed E-state index contributed by atoms with van der Waals surface area (Å²) < 4.78 is 10.5. The summed E-state index contributed by atoms with van der Waals surface area (Å²) in [7, 11) is 0. The van der Waals surface area contributed by atoms with Crippen molar-refractivity contribution >= 4 is 28.7 Å². The predicted molar refractivity (Wildman–Crippen MR) is 104 cm³/mol. The number of ether oxygens (including phenoxy) is 1. The number of aromatic nitrogens is 3. The van der Waals surface area contributed by atoms with Crippen molar-refractivity contribution < 1.29 is 13.9 Å². The Morgan fingerprint density at radius 3 is 3.00 bits per heavy atom. The van der Waals surface area contributed by atoms with Gasteiger partial charge in [-0.3, -0.25) is 10.1 Å². The molecule has 0 unspecified atom stereocenters. The number of H-pyrrole nitrogens is 2. The average molecular weight is 385 g/mol. The summed E-state index contributed by atoms with van der Waals surface area (Å²) in [4.78, 5) is 25.7. The number of rotatable bonds is 5. The summed E-state index contributed by atoms with van der Waals surface area (Å²) in [5, 5.41) is 13.3. The third-order valence-electron chi connectivity index (χ3n) is 4.79. The lowest BCUT2D eigenvalue weighted by atomic mass is 10.0. The third-order valence-corrected chi connectivity index (χ3v) is 4.79. The Kier molecular flexibility index (Phi) is 4.81. The van der Waals surface area contributed by atoms with Crippen LogP contribution in [-0.4, -0.2) is 33.4 Å². The number of hydrogen-bond acceptors (Lipinski definition) is 6. The molecule has 4 rings (SSSR count). The van der Waals surface area contributed by atoms with Crippen LogP contribution >= 0.6 is 0 Å². The highest BCUT2D eigenvalue weighted by Gasteiger charge is 2.30. The van der Waals surface area contributed by atoms with Gasteiger partial charge in [-0.2, -0.15) is 5.10 Å². The van der Waals surface area contributed by atoms with E-state index in [9.17, 15) is 9.59 Å². The molecular weight excluding hydrogens is 362 g/mol. The van der Waals surface area contributed by atoms with Crippen LogP contribution in [0.4, 0.5) is 16.3 Å². The van der Waals surface area contributed by atoms with Crippen molar-refractivity contribution in [1.29, 1.82) is 0 Å². The second-order valence-electron chi connectivity index (χ2n) is 7.40. The van der Waals surface area contributed by atoms with Crippen molar-refractivity contribution in [2.45, 2.75) is 51.2 Å². The number of hydrogen-bond donors (Lipinski definition) is 4. The Labute approximate surface area is 160 Å². The van der Waals surface area contributed by atoms with Crippen LogP contribution in [-0.2, 0) is 4.74 Å². The zero-order chi connectivity index (χ0) is 19.7. The van der Waals surface area contributed by atoms with Gasteiger partial charge in [-0.25, -0.2) is 9.59 Å². The maximum atomic E-state index is 11.8. The van der Waals surface area contributed by atoms with E-state index in [4.69, 9.17) is 9.15 Å². The molecule has 1 aliphatic carbocycles. The minimum atomic E-state index is -0.478. The van der Waals surface area contributed by atoms with E-state index in [1.807, 2.05) is 26.0 Å². The first-order chi connectivity index (χ1) is 13.5. The Hall–Kier alpha value is -3.23. The summed E-state index contributed by atoms with van der Waals surface area (Å²) in [6.07, 6.45) is 2.10. The number of alkyl carbamates (subject to hydrolysis) is 1. The molecule has 2 atom stereocenters. The smallest absolute Gasteiger partial charge is 0.417 e. The first-order valence-electron chi connectivity index (χ1n) is 9.38. The standard InChI is InChI=1S/C19H23N5O4/c1-10(2)20-18(25)27-13-5-3-11(7-13)14-9-17(24-23-14)21-12-4-6-16-15(8-12)22-19(26)28-16/h4,6,8-11,13H,3,5,7H2,1-2H3,(H,20,25)(H,22,26)(H2,21,23,24)/t11-,13+/m0/s1. The first-order valence-corrected chi connectivity index (χ1v) is 9.38. The number of nitrogens with zero attached hydrogens (tertiary/aromatic N) is 1. The minimum Gasteiger partial charge on any atom is -0.446 e. The summed E-state index contributed by atoms with van der Waals surface area (Å²) in [6, 6.07) is 7.36. The molecule has 2 aromatic heterocycles. The molecule has 148 valence electrons. The number of amides is 1. The second kappa shape index (κ2) is 7.41. The number of aromatic amines is 2. The molecule has 1 aromatic carbocycles. The number of benzene rings is 1. The van der Waals surface area contributed by atoms with Gasteiger partial charge < -0.3 is 19.8 Å². The van der Waals surface area contributed by atoms with Crippen LogP contribution in [0.1, 0.15) is 44.7 Å². The molecule has 1 saturated carbocycles. The molecule has 0 saturated heterocycles. The molecule has 1 amide bonds. The monoisotopic (exact) mass is 385 g/mol. The number of carbonyl (C=O) groups excluding carboxylic acids is 1. The van der Waals surface area contributed by atoms with Crippen LogP contribution in [0.5, 0.6) is 0 Å². The average Bonchev–Trinajstić information content (AvgIpc) is 3.32. The largest absolute Gasteiger partial charge is 0.446 e. The van der Waals surface area contributed by atoms with Crippen molar-refractivity contribution in [3.8, 4) is 0 Å². The quantitative estimate of drug-likeness (QED) is 0.534. The highest BCUT2D eigenvalue weighted by Crippen LogP contribution is 2.36. The third kappa shape index (κ3) is 4.03. The lowest BCUT2D eigenvalue weighted by Crippen LogP contribution is -2.33. The Morgan fingerprint density at radius 2 is 2.18 bits per heavy atom. The van der Waals surface area contributed by atoms with Crippen LogP contribution in [0.25, 0.3) is 11.1 Å². The van der Waals surface area contributed by atoms with Crippen molar-refractivity contribution in [3.05, 3.63) is 40.5 Å². The van der Waals surface area contributed by atoms with Crippen molar-refractivity contribution in [2.75, 3.05) is 5.32 Å². The summed E-state index contributed by atoms with van der Waals surface area (Å²) in [5.41, 5.74) is 2.94. The van der Waals surface area contributed by atoms with E-state index in [2.05, 4.69) is 25.8 Å². The fourth-order valence-electron chi connectivity index (χ4n) is 3.54. The minimum absolute atomic E-state index is 0.0602. The first kappa shape index (κ1) is 18.1. The molecule has 1 fully saturated rings. The van der Waals surface area contributed by atoms with Gasteiger partial charge in [-0.1, -0.05) is 0 Å². The molecule has 0 spiro atoms. The highest BCUT2D eigenvalue weighted by molar-refractivity contribution is 5.78. The van der Waals surface area contributed by atoms with Crippen LogP contribution in [0.3, 0.4) is 0 Å². The van der Waals surface area contributed by atoms with Gasteiger partial charge in [-0.05, 0) is 51.3 Å². The maximum absolute atomic E-state index is 11.8. The van der Waals surface area contributed by atoms with Gasteiger partial charge in [-0.15, -0.1) is 0 Å². The predicted octanol–water partition coefficient (Wildman–Crippen LogP) is 3.36. The Morgan fingerprint density at radius 1 is 1.32 bits per heavy atom. The molecule has 9 heteroatoms. The van der Waals surface area contributed by atoms with Crippen molar-refractivity contribution in [2.24, 2.45) is 0 Å². The number of nitrogens with one attached hydrogen (secondary N) is 4. The summed E-state index contributed by atoms with van der Waals surface area (Å²) in [5.74, 6) is 0.476. The molecule has 28 heavy (non-hydrogen) atoms. The van der Waals surface area contributed by atoms with Gasteiger partial charge in [0.1, 0.15) is 6.10 Å². The lowest BCUT2D eigenvalue weighted by molar-refractivity contribution is 0.0981. The normalized spacial score (nSPS) is 19.2. The fourth-order valence-corrected chi connectivity index (χ4v) is 3.54. The molecule has 2 heterocycles. The van der Waals surface area contributed by atoms with E-state index in [0.717, 1.165) is 30.6 Å². The van der Waals surface area contributed by atoms with E-state index in [-0.39, 0.29) is 24.2 Å². The van der Waals surface area contributed by atoms with E-state index >= 15 is 0 Å². The number of anilines is 2. The maximum Gasteiger partial charge on any atom is 0.417 e. The highest BCUT2D eigenvalue weighted by atomic mass is 16.6. The topological polar surface area (TPSA) is 125 Å². The molecule has 9 nitrogen and oxygen atoms in total. The van der Waals surface area contributed by atoms with E-state index in [1.165, 1.54) is 0 Å². The molecule has 4 N–H and O–H groups in total. The molecule has 1 aliphatic rings. The molecule has 0 bridgehead atoms. The molecular formula is C19H23N5O4. The second-order valence-corrected chi connectivity index (χ2v) is 7.40. The van der Waals surface area contributed by atoms with E-state index in [1.54, 1.807) is 12.1 Å². The molecule has 0 radical (unpaired) electrons. The van der Waals surface area contributed by atoms with E-state index < -0.39 is 5.76 Å². The summed E-state index contributed by atoms with van der Waals surface area (Å²) in [6.45, 7) is 3.81. The van der Waals surface area contributed by atoms with Crippen molar-refractivity contribution in [3.63, 3.8) is 0 Å². The van der Waals surface area contributed by atoms with Gasteiger partial charge in [0.15, 0.2) is 11.4 Å². The van der Waals surface area contributed by atoms with Gasteiger partial charge in [0, 0.05) is 29.4 Å². The SMILES string of the molecule is CC(C)NC(=O)O[C@@H]1CC[C@H](c2cc(Nc3ccc4oc(=O)[nH]c4c3)n[nH]2)C1. The van der Waals surface area contributed by atoms with Gasteiger partial charge in [0.25, 0.3) is 0 Å². The number of oxazole rings is 1. The van der Waals surface area contributed by atoms with Crippen LogP contribution in [0.15, 0.2) is 33.5 Å². The van der Waals surface area contributed by atoms with Crippen LogP contribution < -0.4 is 16.4 Å². The molecule has 0 aliphatic heterocycles. The lowest BCUT2D eigenvalue weighted by Gasteiger charge is -2.14. The van der Waals surface area contributed by atoms with Gasteiger partial charge >= 0.3 is 11.8 Å². The Balaban J connectivity index is 1.37. The van der Waals surface area contributed by atoms with E-state index in [0.29, 0.717) is 16.9 Å². The van der Waals surface area contributed by atoms with Crippen molar-refractivity contribution in [1.82, 2.24) is 20.5 Å². The van der Waals surface area contributed by atoms with Crippen LogP contribution in [0.2, 0.25) is 0 Å². The fraction of sp³-hybridized carbons (Fsp3) is 0.421. The zero-order valence-corrected chi connectivity index (χ0v) is 15.7. The molecule has 3 aromatic rings. The van der Waals surface area contributed by atoms with Gasteiger partial charge in [0.05, 0.1) is 5.52 Å². The van der Waals surface area contributed by atoms with Gasteiger partial charge in [0.2, 0.25) is 0 Å². The Bertz CT molecular complexity index is 1030. The number of carbonyl (C=O) groups is 1. The summed E-state index contributed by atoms with van der Waals surface area (Å²) >= 11 is 0.